The molecule has 5 nitrogen and oxygen atoms in total. The zero-order valence-electron chi connectivity index (χ0n) is 20.5. The van der Waals surface area contributed by atoms with Gasteiger partial charge >= 0.3 is 5.69 Å². The Balaban J connectivity index is 1.44. The lowest BCUT2D eigenvalue weighted by Gasteiger charge is -2.08. The van der Waals surface area contributed by atoms with E-state index in [2.05, 4.69) is 17.2 Å². The van der Waals surface area contributed by atoms with Gasteiger partial charge in [0.2, 0.25) is 0 Å². The van der Waals surface area contributed by atoms with E-state index in [1.54, 1.807) is 6.07 Å². The van der Waals surface area contributed by atoms with Crippen LogP contribution in [0.5, 0.6) is 0 Å². The topological polar surface area (TPSA) is 66.9 Å². The summed E-state index contributed by atoms with van der Waals surface area (Å²) < 4.78 is 1.10. The lowest BCUT2D eigenvalue weighted by molar-refractivity contribution is 0.530. The number of fused-ring (bicyclic) bond motifs is 1. The van der Waals surface area contributed by atoms with Crippen LogP contribution in [-0.2, 0) is 7.05 Å². The van der Waals surface area contributed by atoms with E-state index in [0.717, 1.165) is 23.2 Å². The molecule has 0 fully saturated rings. The minimum absolute atomic E-state index is 0.256. The van der Waals surface area contributed by atoms with E-state index in [9.17, 15) is 9.59 Å². The van der Waals surface area contributed by atoms with Crippen LogP contribution in [-0.4, -0.2) is 16.1 Å². The van der Waals surface area contributed by atoms with Crippen molar-refractivity contribution in [2.75, 3.05) is 11.9 Å². The molecule has 1 heterocycles. The summed E-state index contributed by atoms with van der Waals surface area (Å²) in [5, 5.41) is 3.95. The Morgan fingerprint density at radius 2 is 1.25 bits per heavy atom. The van der Waals surface area contributed by atoms with Gasteiger partial charge in [-0.05, 0) is 24.6 Å². The first-order chi connectivity index (χ1) is 15.6. The average molecular weight is 444 g/mol. The zero-order valence-corrected chi connectivity index (χ0v) is 20.5. The largest absolute Gasteiger partial charge is 0.385 e. The Morgan fingerprint density at radius 3 is 1.78 bits per heavy atom. The Labute approximate surface area is 194 Å². The van der Waals surface area contributed by atoms with E-state index in [1.165, 1.54) is 103 Å². The van der Waals surface area contributed by atoms with Gasteiger partial charge in [0, 0.05) is 19.3 Å². The number of anilines is 1. The van der Waals surface area contributed by atoms with Crippen LogP contribution in [0.3, 0.4) is 0 Å². The first kappa shape index (κ1) is 26.2. The molecule has 0 atom stereocenters. The highest BCUT2D eigenvalue weighted by Crippen LogP contribution is 2.15. The van der Waals surface area contributed by atoms with Crippen molar-refractivity contribution >= 4 is 16.6 Å². The van der Waals surface area contributed by atoms with Crippen LogP contribution in [0.1, 0.15) is 110 Å². The van der Waals surface area contributed by atoms with Gasteiger partial charge in [-0.25, -0.2) is 4.79 Å². The van der Waals surface area contributed by atoms with E-state index >= 15 is 0 Å². The predicted octanol–water partition coefficient (Wildman–Crippen LogP) is 6.90. The third-order valence-electron chi connectivity index (χ3n) is 6.46. The van der Waals surface area contributed by atoms with Gasteiger partial charge in [0.05, 0.1) is 10.9 Å². The molecule has 2 N–H and O–H groups in total. The van der Waals surface area contributed by atoms with Crippen LogP contribution in [0.25, 0.3) is 10.9 Å². The molecular formula is C27H45N3O2. The molecule has 2 aromatic rings. The van der Waals surface area contributed by atoms with Gasteiger partial charge in [-0.3, -0.25) is 9.36 Å². The van der Waals surface area contributed by atoms with Gasteiger partial charge in [0.1, 0.15) is 0 Å². The van der Waals surface area contributed by atoms with Crippen LogP contribution >= 0.6 is 0 Å². The fourth-order valence-electron chi connectivity index (χ4n) is 4.32. The molecule has 32 heavy (non-hydrogen) atoms. The molecule has 1 aromatic carbocycles. The average Bonchev–Trinajstić information content (AvgIpc) is 2.79. The number of aromatic amines is 1. The first-order valence-corrected chi connectivity index (χ1v) is 13.1. The summed E-state index contributed by atoms with van der Waals surface area (Å²) in [4.78, 5) is 26.7. The minimum Gasteiger partial charge on any atom is -0.385 e. The number of nitrogens with zero attached hydrogens (tertiary/aromatic N) is 1. The van der Waals surface area contributed by atoms with Crippen molar-refractivity contribution < 1.29 is 0 Å². The summed E-state index contributed by atoms with van der Waals surface area (Å²) in [6.07, 6.45) is 22.0. The maximum absolute atomic E-state index is 12.1. The maximum Gasteiger partial charge on any atom is 0.328 e. The van der Waals surface area contributed by atoms with Crippen LogP contribution in [0, 0.1) is 0 Å². The molecule has 0 spiro atoms. The van der Waals surface area contributed by atoms with Gasteiger partial charge in [-0.2, -0.15) is 0 Å². The van der Waals surface area contributed by atoms with E-state index in [0.29, 0.717) is 10.9 Å². The number of nitrogens with one attached hydrogen (secondary N) is 2. The summed E-state index contributed by atoms with van der Waals surface area (Å²) in [7, 11) is 1.49. The Kier molecular flexibility index (Phi) is 12.9. The second-order valence-electron chi connectivity index (χ2n) is 9.28. The molecule has 0 aliphatic heterocycles. The molecule has 0 amide bonds. The molecule has 0 bridgehead atoms. The van der Waals surface area contributed by atoms with E-state index in [-0.39, 0.29) is 11.2 Å². The number of unbranched alkanes of at least 4 members (excludes halogenated alkanes) is 15. The highest BCUT2D eigenvalue weighted by Gasteiger charge is 2.05. The molecule has 0 radical (unpaired) electrons. The molecule has 0 unspecified atom stereocenters. The molecule has 0 saturated carbocycles. The number of rotatable bonds is 18. The van der Waals surface area contributed by atoms with Gasteiger partial charge < -0.3 is 10.3 Å². The number of benzene rings is 1. The third kappa shape index (κ3) is 9.62. The highest BCUT2D eigenvalue weighted by molar-refractivity contribution is 5.81. The normalized spacial score (nSPS) is 11.3. The SMILES string of the molecule is CCCCCCCCCCCCCCCCCCNc1ccc2c(=O)n(C)c(=O)[nH]c2c1. The highest BCUT2D eigenvalue weighted by atomic mass is 16.2. The summed E-state index contributed by atoms with van der Waals surface area (Å²) in [6, 6.07) is 5.54. The maximum atomic E-state index is 12.1. The van der Waals surface area contributed by atoms with Crippen molar-refractivity contribution in [1.82, 2.24) is 9.55 Å². The lowest BCUT2D eigenvalue weighted by Crippen LogP contribution is -2.32. The second-order valence-corrected chi connectivity index (χ2v) is 9.28. The Morgan fingerprint density at radius 1 is 0.750 bits per heavy atom. The summed E-state index contributed by atoms with van der Waals surface area (Å²) in [5.41, 5.74) is 0.906. The first-order valence-electron chi connectivity index (χ1n) is 13.1. The quantitative estimate of drug-likeness (QED) is 0.246. The summed E-state index contributed by atoms with van der Waals surface area (Å²) in [5.74, 6) is 0. The van der Waals surface area contributed by atoms with E-state index in [1.807, 2.05) is 12.1 Å². The van der Waals surface area contributed by atoms with Crippen LogP contribution in [0.4, 0.5) is 5.69 Å². The van der Waals surface area contributed by atoms with Gasteiger partial charge in [0.25, 0.3) is 5.56 Å². The van der Waals surface area contributed by atoms with Gasteiger partial charge in [0.15, 0.2) is 0 Å². The van der Waals surface area contributed by atoms with Crippen LogP contribution < -0.4 is 16.6 Å². The van der Waals surface area contributed by atoms with Crippen LogP contribution in [0.15, 0.2) is 27.8 Å². The Bertz CT molecular complexity index is 885. The third-order valence-corrected chi connectivity index (χ3v) is 6.46. The number of hydrogen-bond donors (Lipinski definition) is 2. The molecule has 0 aliphatic rings. The van der Waals surface area contributed by atoms with Crippen molar-refractivity contribution in [3.05, 3.63) is 39.0 Å². The lowest BCUT2D eigenvalue weighted by atomic mass is 10.0. The van der Waals surface area contributed by atoms with Crippen LogP contribution in [0.2, 0.25) is 0 Å². The molecule has 0 saturated heterocycles. The molecule has 5 heteroatoms. The summed E-state index contributed by atoms with van der Waals surface area (Å²) in [6.45, 7) is 3.20. The monoisotopic (exact) mass is 443 g/mol. The van der Waals surface area contributed by atoms with Crippen molar-refractivity contribution in [3.63, 3.8) is 0 Å². The molecular weight excluding hydrogens is 398 g/mol. The van der Waals surface area contributed by atoms with E-state index in [4.69, 9.17) is 0 Å². The zero-order chi connectivity index (χ0) is 23.0. The summed E-state index contributed by atoms with van der Waals surface area (Å²) >= 11 is 0. The van der Waals surface area contributed by atoms with E-state index < -0.39 is 0 Å². The molecule has 2 rings (SSSR count). The predicted molar refractivity (Wildman–Crippen MR) is 138 cm³/mol. The number of hydrogen-bond acceptors (Lipinski definition) is 3. The fraction of sp³-hybridized carbons (Fsp3) is 0.704. The smallest absolute Gasteiger partial charge is 0.328 e. The van der Waals surface area contributed by atoms with Gasteiger partial charge in [-0.15, -0.1) is 0 Å². The van der Waals surface area contributed by atoms with Crippen molar-refractivity contribution in [2.45, 2.75) is 110 Å². The number of H-pyrrole nitrogens is 1. The number of aromatic nitrogens is 2. The Hall–Kier alpha value is -2.04. The van der Waals surface area contributed by atoms with Crippen molar-refractivity contribution in [3.8, 4) is 0 Å². The molecule has 1 aromatic heterocycles. The molecule has 180 valence electrons. The second kappa shape index (κ2) is 15.7. The fourth-order valence-corrected chi connectivity index (χ4v) is 4.32. The van der Waals surface area contributed by atoms with Crippen molar-refractivity contribution in [2.24, 2.45) is 7.05 Å². The minimum atomic E-state index is -0.377. The van der Waals surface area contributed by atoms with Crippen molar-refractivity contribution in [1.29, 1.82) is 0 Å². The standard InChI is InChI=1S/C27H45N3O2/c1-3-4-5-6-7-8-9-10-11-12-13-14-15-16-17-18-21-28-23-19-20-24-25(22-23)29-27(32)30(2)26(24)31/h19-20,22,28H,3-18,21H2,1-2H3,(H,29,32). The molecule has 0 aliphatic carbocycles. The van der Waals surface area contributed by atoms with Gasteiger partial charge in [-0.1, -0.05) is 103 Å².